The molecule has 4 aromatic carbocycles. The molecule has 0 radical (unpaired) electrons. The van der Waals surface area contributed by atoms with Gasteiger partial charge in [-0.05, 0) is 36.4 Å². The minimum Gasteiger partial charge on any atom is -0.399 e. The molecule has 0 aliphatic rings. The van der Waals surface area contributed by atoms with Crippen molar-refractivity contribution in [3.05, 3.63) is 126 Å². The zero-order valence-corrected chi connectivity index (χ0v) is 18.7. The third-order valence-corrected chi connectivity index (χ3v) is 5.95. The SMILES string of the molecule is Nc1ccc(-n2nc3c(=O)n(-c4ccccc4)nc(-c4ccccc4)c3c2-c2ccccc2)cc1. The molecule has 0 aliphatic carbocycles. The summed E-state index contributed by atoms with van der Waals surface area (Å²) < 4.78 is 3.24. The molecule has 0 fully saturated rings. The molecular formula is C29H21N5O. The van der Waals surface area contributed by atoms with Gasteiger partial charge in [0.25, 0.3) is 5.56 Å². The quantitative estimate of drug-likeness (QED) is 0.357. The van der Waals surface area contributed by atoms with Gasteiger partial charge in [-0.25, -0.2) is 4.68 Å². The largest absolute Gasteiger partial charge is 0.399 e. The number of nitrogens with zero attached hydrogens (tertiary/aromatic N) is 4. The molecule has 35 heavy (non-hydrogen) atoms. The second-order valence-electron chi connectivity index (χ2n) is 8.21. The van der Waals surface area contributed by atoms with Crippen LogP contribution in [0.1, 0.15) is 0 Å². The number of rotatable bonds is 4. The number of hydrogen-bond acceptors (Lipinski definition) is 4. The Labute approximate surface area is 201 Å². The van der Waals surface area contributed by atoms with E-state index in [1.807, 2.05) is 120 Å². The van der Waals surface area contributed by atoms with Crippen molar-refractivity contribution in [2.24, 2.45) is 0 Å². The van der Waals surface area contributed by atoms with E-state index in [1.165, 1.54) is 4.68 Å². The van der Waals surface area contributed by atoms with Crippen molar-refractivity contribution in [2.45, 2.75) is 0 Å². The van der Waals surface area contributed by atoms with Crippen molar-refractivity contribution >= 4 is 16.6 Å². The minimum absolute atomic E-state index is 0.280. The van der Waals surface area contributed by atoms with Crippen molar-refractivity contribution in [1.29, 1.82) is 0 Å². The Balaban J connectivity index is 1.78. The topological polar surface area (TPSA) is 78.7 Å². The van der Waals surface area contributed by atoms with Crippen molar-refractivity contribution < 1.29 is 0 Å². The number of anilines is 1. The number of para-hydroxylation sites is 1. The molecule has 0 bridgehead atoms. The molecule has 0 atom stereocenters. The Bertz CT molecular complexity index is 1690. The molecule has 0 saturated heterocycles. The first-order valence-electron chi connectivity index (χ1n) is 11.3. The molecule has 0 unspecified atom stereocenters. The molecule has 6 heteroatoms. The summed E-state index contributed by atoms with van der Waals surface area (Å²) in [7, 11) is 0. The van der Waals surface area contributed by atoms with Gasteiger partial charge in [-0.15, -0.1) is 0 Å². The lowest BCUT2D eigenvalue weighted by molar-refractivity contribution is 0.819. The van der Waals surface area contributed by atoms with Crippen LogP contribution in [0.2, 0.25) is 0 Å². The van der Waals surface area contributed by atoms with Crippen molar-refractivity contribution in [3.63, 3.8) is 0 Å². The maximum atomic E-state index is 13.8. The summed E-state index contributed by atoms with van der Waals surface area (Å²) in [5, 5.41) is 10.4. The predicted molar refractivity (Wildman–Crippen MR) is 140 cm³/mol. The molecule has 6 aromatic rings. The molecule has 168 valence electrons. The van der Waals surface area contributed by atoms with Crippen molar-refractivity contribution in [1.82, 2.24) is 19.6 Å². The molecule has 0 spiro atoms. The third kappa shape index (κ3) is 3.57. The van der Waals surface area contributed by atoms with E-state index in [1.54, 1.807) is 0 Å². The lowest BCUT2D eigenvalue weighted by Crippen LogP contribution is -2.22. The van der Waals surface area contributed by atoms with Crippen LogP contribution in [0.25, 0.3) is 44.8 Å². The monoisotopic (exact) mass is 455 g/mol. The zero-order chi connectivity index (χ0) is 23.8. The van der Waals surface area contributed by atoms with E-state index in [-0.39, 0.29) is 5.56 Å². The molecule has 2 aromatic heterocycles. The predicted octanol–water partition coefficient (Wildman–Crippen LogP) is 5.49. The van der Waals surface area contributed by atoms with Crippen LogP contribution < -0.4 is 11.3 Å². The Morgan fingerprint density at radius 1 is 0.571 bits per heavy atom. The van der Waals surface area contributed by atoms with Crippen molar-refractivity contribution in [3.8, 4) is 33.9 Å². The lowest BCUT2D eigenvalue weighted by atomic mass is 10.0. The van der Waals surface area contributed by atoms with E-state index < -0.39 is 0 Å². The minimum atomic E-state index is -0.280. The number of fused-ring (bicyclic) bond motifs is 1. The van der Waals surface area contributed by atoms with Gasteiger partial charge in [0.2, 0.25) is 0 Å². The van der Waals surface area contributed by atoms with Crippen LogP contribution in [0.15, 0.2) is 120 Å². The van der Waals surface area contributed by atoms with E-state index in [9.17, 15) is 4.79 Å². The van der Waals surface area contributed by atoms with Gasteiger partial charge in [0.05, 0.1) is 22.5 Å². The average Bonchev–Trinajstić information content (AvgIpc) is 3.32. The molecule has 0 amide bonds. The Kier molecular flexibility index (Phi) is 4.96. The Hall–Kier alpha value is -4.97. The van der Waals surface area contributed by atoms with E-state index in [4.69, 9.17) is 15.9 Å². The second-order valence-corrected chi connectivity index (χ2v) is 8.21. The standard InChI is InChI=1S/C29H21N5O/c30-22-16-18-24(19-17-22)33-28(21-12-6-2-7-13-21)25-26(20-10-4-1-5-11-20)31-34(29(35)27(25)32-33)23-14-8-3-9-15-23/h1-19H,30H2. The maximum Gasteiger partial charge on any atom is 0.299 e. The van der Waals surface area contributed by atoms with Gasteiger partial charge in [-0.2, -0.15) is 14.9 Å². The Morgan fingerprint density at radius 3 is 1.74 bits per heavy atom. The van der Waals surface area contributed by atoms with Gasteiger partial charge < -0.3 is 5.73 Å². The van der Waals surface area contributed by atoms with E-state index >= 15 is 0 Å². The van der Waals surface area contributed by atoms with Gasteiger partial charge in [-0.3, -0.25) is 4.79 Å². The van der Waals surface area contributed by atoms with Crippen molar-refractivity contribution in [2.75, 3.05) is 5.73 Å². The van der Waals surface area contributed by atoms with Crippen LogP contribution in [0.4, 0.5) is 5.69 Å². The fraction of sp³-hybridized carbons (Fsp3) is 0. The molecule has 2 heterocycles. The number of nitrogen functional groups attached to an aromatic ring is 1. The summed E-state index contributed by atoms with van der Waals surface area (Å²) in [5.41, 5.74) is 11.5. The summed E-state index contributed by atoms with van der Waals surface area (Å²) >= 11 is 0. The highest BCUT2D eigenvalue weighted by Crippen LogP contribution is 2.36. The van der Waals surface area contributed by atoms with E-state index in [2.05, 4.69) is 0 Å². The van der Waals surface area contributed by atoms with Gasteiger partial charge in [0.1, 0.15) is 5.69 Å². The van der Waals surface area contributed by atoms with Gasteiger partial charge >= 0.3 is 0 Å². The number of benzene rings is 4. The third-order valence-electron chi connectivity index (χ3n) is 5.95. The van der Waals surface area contributed by atoms with Crippen LogP contribution in [-0.4, -0.2) is 19.6 Å². The highest BCUT2D eigenvalue weighted by atomic mass is 16.1. The highest BCUT2D eigenvalue weighted by Gasteiger charge is 2.24. The van der Waals surface area contributed by atoms with Gasteiger partial charge in [0.15, 0.2) is 5.52 Å². The van der Waals surface area contributed by atoms with Crippen LogP contribution >= 0.6 is 0 Å². The normalized spacial score (nSPS) is 11.1. The zero-order valence-electron chi connectivity index (χ0n) is 18.7. The van der Waals surface area contributed by atoms with Gasteiger partial charge in [0, 0.05) is 16.8 Å². The second kappa shape index (κ2) is 8.43. The van der Waals surface area contributed by atoms with Gasteiger partial charge in [-0.1, -0.05) is 78.9 Å². The summed E-state index contributed by atoms with van der Waals surface area (Å²) in [6.45, 7) is 0. The first-order chi connectivity index (χ1) is 17.2. The molecule has 6 nitrogen and oxygen atoms in total. The number of aromatic nitrogens is 4. The Morgan fingerprint density at radius 2 is 1.11 bits per heavy atom. The summed E-state index contributed by atoms with van der Waals surface area (Å²) in [6, 6.07) is 36.7. The molecular weight excluding hydrogens is 434 g/mol. The fourth-order valence-electron chi connectivity index (χ4n) is 4.30. The van der Waals surface area contributed by atoms with Crippen LogP contribution in [0.3, 0.4) is 0 Å². The average molecular weight is 456 g/mol. The number of hydrogen-bond donors (Lipinski definition) is 1. The summed E-state index contributed by atoms with van der Waals surface area (Å²) in [4.78, 5) is 13.8. The van der Waals surface area contributed by atoms with Crippen LogP contribution in [0, 0.1) is 0 Å². The fourth-order valence-corrected chi connectivity index (χ4v) is 4.30. The molecule has 0 aliphatic heterocycles. The van der Waals surface area contributed by atoms with E-state index in [0.717, 1.165) is 22.5 Å². The first kappa shape index (κ1) is 20.6. The smallest absolute Gasteiger partial charge is 0.299 e. The highest BCUT2D eigenvalue weighted by molar-refractivity contribution is 6.02. The van der Waals surface area contributed by atoms with E-state index in [0.29, 0.717) is 28.0 Å². The van der Waals surface area contributed by atoms with Crippen LogP contribution in [0.5, 0.6) is 0 Å². The lowest BCUT2D eigenvalue weighted by Gasteiger charge is -2.11. The molecule has 6 rings (SSSR count). The summed E-state index contributed by atoms with van der Waals surface area (Å²) in [5.74, 6) is 0. The van der Waals surface area contributed by atoms with Crippen LogP contribution in [-0.2, 0) is 0 Å². The molecule has 0 saturated carbocycles. The first-order valence-corrected chi connectivity index (χ1v) is 11.3. The maximum absolute atomic E-state index is 13.8. The number of nitrogens with two attached hydrogens (primary N) is 1. The summed E-state index contributed by atoms with van der Waals surface area (Å²) in [6.07, 6.45) is 0. The molecule has 2 N–H and O–H groups in total.